The molecule has 0 amide bonds. The maximum atomic E-state index is 5.35. The first-order valence-electron chi connectivity index (χ1n) is 8.76. The van der Waals surface area contributed by atoms with E-state index in [1.165, 1.54) is 5.01 Å². The molecule has 0 spiro atoms. The largest absolute Gasteiger partial charge is 0.493 e. The van der Waals surface area contributed by atoms with E-state index in [1.54, 1.807) is 25.6 Å². The number of hydrogen-bond acceptors (Lipinski definition) is 5. The molecule has 0 saturated heterocycles. The van der Waals surface area contributed by atoms with E-state index in [4.69, 9.17) is 9.47 Å². The van der Waals surface area contributed by atoms with Gasteiger partial charge in [-0.05, 0) is 25.0 Å². The van der Waals surface area contributed by atoms with Crippen molar-refractivity contribution >= 4 is 47.0 Å². The summed E-state index contributed by atoms with van der Waals surface area (Å²) >= 11 is 1.73. The molecule has 1 aromatic heterocycles. The zero-order valence-corrected chi connectivity index (χ0v) is 19.7. The van der Waals surface area contributed by atoms with Crippen molar-refractivity contribution in [2.45, 2.75) is 33.7 Å². The highest BCUT2D eigenvalue weighted by Crippen LogP contribution is 2.29. The van der Waals surface area contributed by atoms with Crippen LogP contribution in [0.4, 0.5) is 5.69 Å². The van der Waals surface area contributed by atoms with Crippen LogP contribution in [0.1, 0.15) is 30.7 Å². The molecule has 1 aromatic carbocycles. The van der Waals surface area contributed by atoms with Gasteiger partial charge < -0.3 is 20.1 Å². The van der Waals surface area contributed by atoms with Crippen molar-refractivity contribution in [3.63, 3.8) is 0 Å². The maximum absolute atomic E-state index is 5.35. The molecule has 0 bridgehead atoms. The summed E-state index contributed by atoms with van der Waals surface area (Å²) in [6, 6.07) is 5.69. The summed E-state index contributed by atoms with van der Waals surface area (Å²) in [6.07, 6.45) is 2.93. The van der Waals surface area contributed by atoms with Gasteiger partial charge in [0.05, 0.1) is 25.8 Å². The van der Waals surface area contributed by atoms with E-state index in [2.05, 4.69) is 34.5 Å². The van der Waals surface area contributed by atoms with Gasteiger partial charge in [-0.3, -0.25) is 0 Å². The highest BCUT2D eigenvalue weighted by molar-refractivity contribution is 14.0. The van der Waals surface area contributed by atoms with Gasteiger partial charge in [-0.1, -0.05) is 13.8 Å². The number of methoxy groups -OCH3 is 2. The Labute approximate surface area is 182 Å². The number of aliphatic imine (C=N–C) groups is 1. The lowest BCUT2D eigenvalue weighted by Crippen LogP contribution is -2.30. The molecule has 0 aliphatic rings. The van der Waals surface area contributed by atoms with Crippen LogP contribution in [0.5, 0.6) is 11.5 Å². The van der Waals surface area contributed by atoms with E-state index < -0.39 is 0 Å². The summed E-state index contributed by atoms with van der Waals surface area (Å²) in [5.74, 6) is 2.71. The molecule has 6 nitrogen and oxygen atoms in total. The average Bonchev–Trinajstić information content (AvgIpc) is 3.06. The van der Waals surface area contributed by atoms with Gasteiger partial charge in [-0.2, -0.15) is 0 Å². The van der Waals surface area contributed by atoms with Crippen molar-refractivity contribution in [2.75, 3.05) is 26.1 Å². The molecule has 0 aliphatic heterocycles. The fourth-order valence-electron chi connectivity index (χ4n) is 2.38. The quantitative estimate of drug-likeness (QED) is 0.314. The molecule has 2 aromatic rings. The smallest absolute Gasteiger partial charge is 0.196 e. The van der Waals surface area contributed by atoms with Gasteiger partial charge in [0.2, 0.25) is 0 Å². The van der Waals surface area contributed by atoms with Crippen molar-refractivity contribution in [1.82, 2.24) is 10.3 Å². The number of nitrogens with one attached hydrogen (secondary N) is 2. The van der Waals surface area contributed by atoms with E-state index in [1.807, 2.05) is 31.3 Å². The second kappa shape index (κ2) is 12.0. The first-order chi connectivity index (χ1) is 12.5. The molecule has 0 atom stereocenters. The van der Waals surface area contributed by atoms with Crippen LogP contribution in [0.3, 0.4) is 0 Å². The van der Waals surface area contributed by atoms with E-state index in [0.29, 0.717) is 24.0 Å². The van der Waals surface area contributed by atoms with E-state index in [9.17, 15) is 0 Å². The Kier molecular flexibility index (Phi) is 10.5. The van der Waals surface area contributed by atoms with Gasteiger partial charge in [0, 0.05) is 35.8 Å². The molecule has 0 radical (unpaired) electrons. The van der Waals surface area contributed by atoms with Gasteiger partial charge in [0.25, 0.3) is 0 Å². The van der Waals surface area contributed by atoms with Gasteiger partial charge in [0.1, 0.15) is 0 Å². The fourth-order valence-corrected chi connectivity index (χ4v) is 3.44. The lowest BCUT2D eigenvalue weighted by molar-refractivity contribution is 0.355. The van der Waals surface area contributed by atoms with E-state index in [0.717, 1.165) is 29.5 Å². The summed E-state index contributed by atoms with van der Waals surface area (Å²) in [4.78, 5) is 10.3. The van der Waals surface area contributed by atoms with Gasteiger partial charge in [0.15, 0.2) is 17.5 Å². The Morgan fingerprint density at radius 3 is 2.59 bits per heavy atom. The molecular weight excluding hydrogens is 475 g/mol. The average molecular weight is 504 g/mol. The summed E-state index contributed by atoms with van der Waals surface area (Å²) in [5.41, 5.74) is 0.882. The number of thiazole rings is 1. The van der Waals surface area contributed by atoms with Crippen molar-refractivity contribution in [1.29, 1.82) is 0 Å². The number of nitrogens with zero attached hydrogens (tertiary/aromatic N) is 2. The third kappa shape index (κ3) is 7.53. The van der Waals surface area contributed by atoms with Crippen molar-refractivity contribution in [3.8, 4) is 11.5 Å². The Bertz CT molecular complexity index is 734. The van der Waals surface area contributed by atoms with Crippen LogP contribution in [-0.2, 0) is 13.0 Å². The number of halogens is 1. The molecular formula is C19H29IN4O2S. The SMILES string of the molecule is CCNC(=NCc1cnc(CC(C)C)s1)Nc1ccc(OC)c(OC)c1.I. The van der Waals surface area contributed by atoms with Crippen LogP contribution >= 0.6 is 35.3 Å². The van der Waals surface area contributed by atoms with E-state index >= 15 is 0 Å². The van der Waals surface area contributed by atoms with Crippen molar-refractivity contribution < 1.29 is 9.47 Å². The molecule has 1 heterocycles. The number of hydrogen-bond donors (Lipinski definition) is 2. The van der Waals surface area contributed by atoms with E-state index in [-0.39, 0.29) is 24.0 Å². The molecule has 0 unspecified atom stereocenters. The summed E-state index contributed by atoms with van der Waals surface area (Å²) in [7, 11) is 3.25. The van der Waals surface area contributed by atoms with Gasteiger partial charge in [-0.25, -0.2) is 9.98 Å². The minimum Gasteiger partial charge on any atom is -0.493 e. The first-order valence-corrected chi connectivity index (χ1v) is 9.58. The lowest BCUT2D eigenvalue weighted by Gasteiger charge is -2.13. The molecule has 0 saturated carbocycles. The van der Waals surface area contributed by atoms with Crippen molar-refractivity contribution in [3.05, 3.63) is 34.3 Å². The highest BCUT2D eigenvalue weighted by atomic mass is 127. The third-order valence-electron chi connectivity index (χ3n) is 3.57. The first kappa shape index (κ1) is 23.5. The van der Waals surface area contributed by atoms with Crippen LogP contribution in [0.25, 0.3) is 0 Å². The standard InChI is InChI=1S/C19H28N4O2S.HI/c1-6-20-19(22-12-15-11-21-18(26-15)9-13(2)3)23-14-7-8-16(24-4)17(10-14)25-5;/h7-8,10-11,13H,6,9,12H2,1-5H3,(H2,20,22,23);1H. The topological polar surface area (TPSA) is 67.8 Å². The molecule has 2 N–H and O–H groups in total. The minimum absolute atomic E-state index is 0. The maximum Gasteiger partial charge on any atom is 0.196 e. The normalized spacial score (nSPS) is 11.1. The third-order valence-corrected chi connectivity index (χ3v) is 4.57. The number of aromatic nitrogens is 1. The van der Waals surface area contributed by atoms with Crippen LogP contribution in [0, 0.1) is 5.92 Å². The van der Waals surface area contributed by atoms with Crippen LogP contribution in [0.15, 0.2) is 29.4 Å². The zero-order valence-electron chi connectivity index (χ0n) is 16.5. The predicted octanol–water partition coefficient (Wildman–Crippen LogP) is 4.55. The number of ether oxygens (including phenoxy) is 2. The Morgan fingerprint density at radius 1 is 1.22 bits per heavy atom. The second-order valence-electron chi connectivity index (χ2n) is 6.21. The Balaban J connectivity index is 0.00000364. The summed E-state index contributed by atoms with van der Waals surface area (Å²) in [5, 5.41) is 7.73. The molecule has 150 valence electrons. The number of anilines is 1. The number of benzene rings is 1. The van der Waals surface area contributed by atoms with Crippen molar-refractivity contribution in [2.24, 2.45) is 10.9 Å². The fraction of sp³-hybridized carbons (Fsp3) is 0.474. The van der Waals surface area contributed by atoms with Crippen LogP contribution < -0.4 is 20.1 Å². The molecule has 0 fully saturated rings. The molecule has 8 heteroatoms. The highest BCUT2D eigenvalue weighted by Gasteiger charge is 2.07. The minimum atomic E-state index is 0. The van der Waals surface area contributed by atoms with Gasteiger partial charge in [-0.15, -0.1) is 35.3 Å². The van der Waals surface area contributed by atoms with Crippen LogP contribution in [-0.4, -0.2) is 31.7 Å². The van der Waals surface area contributed by atoms with Crippen LogP contribution in [0.2, 0.25) is 0 Å². The predicted molar refractivity (Wildman–Crippen MR) is 124 cm³/mol. The number of guanidine groups is 1. The van der Waals surface area contributed by atoms with Gasteiger partial charge >= 0.3 is 0 Å². The molecule has 0 aliphatic carbocycles. The zero-order chi connectivity index (χ0) is 18.9. The second-order valence-corrected chi connectivity index (χ2v) is 7.41. The Hall–Kier alpha value is -1.55. The number of rotatable bonds is 8. The molecule has 2 rings (SSSR count). The lowest BCUT2D eigenvalue weighted by atomic mass is 10.1. The monoisotopic (exact) mass is 504 g/mol. The molecule has 27 heavy (non-hydrogen) atoms. The summed E-state index contributed by atoms with van der Waals surface area (Å²) < 4.78 is 10.6. The summed E-state index contributed by atoms with van der Waals surface area (Å²) in [6.45, 7) is 7.82. The Morgan fingerprint density at radius 2 is 1.96 bits per heavy atom.